The van der Waals surface area contributed by atoms with Crippen LogP contribution in [0.4, 0.5) is 5.69 Å². The van der Waals surface area contributed by atoms with Gasteiger partial charge in [0.25, 0.3) is 10.0 Å². The summed E-state index contributed by atoms with van der Waals surface area (Å²) in [4.78, 5) is 0.227. The zero-order chi connectivity index (χ0) is 18.6. The molecule has 1 N–H and O–H groups in total. The maximum atomic E-state index is 13.3. The summed E-state index contributed by atoms with van der Waals surface area (Å²) >= 11 is 6.11. The van der Waals surface area contributed by atoms with Crippen LogP contribution < -0.4 is 4.31 Å². The van der Waals surface area contributed by atoms with E-state index < -0.39 is 10.0 Å². The largest absolute Gasteiger partial charge is 0.392 e. The van der Waals surface area contributed by atoms with Crippen LogP contribution in [0.25, 0.3) is 0 Å². The molecule has 0 fully saturated rings. The Balaban J connectivity index is 2.64. The normalized spacial score (nSPS) is 12.8. The van der Waals surface area contributed by atoms with Crippen LogP contribution in [0, 0.1) is 6.92 Å². The number of nitrogens with zero attached hydrogens (tertiary/aromatic N) is 1. The summed E-state index contributed by atoms with van der Waals surface area (Å²) in [5.74, 6) is 0. The van der Waals surface area contributed by atoms with Crippen molar-refractivity contribution >= 4 is 27.3 Å². The number of aryl methyl sites for hydroxylation is 1. The van der Waals surface area contributed by atoms with Gasteiger partial charge in [-0.1, -0.05) is 48.7 Å². The highest BCUT2D eigenvalue weighted by Crippen LogP contribution is 2.33. The predicted molar refractivity (Wildman–Crippen MR) is 103 cm³/mol. The van der Waals surface area contributed by atoms with Gasteiger partial charge >= 0.3 is 0 Å². The maximum absolute atomic E-state index is 13.3. The van der Waals surface area contributed by atoms with Gasteiger partial charge in [0.15, 0.2) is 0 Å². The second-order valence-corrected chi connectivity index (χ2v) is 8.43. The molecule has 6 heteroatoms. The van der Waals surface area contributed by atoms with Gasteiger partial charge in [-0.3, -0.25) is 4.31 Å². The first kappa shape index (κ1) is 19.8. The topological polar surface area (TPSA) is 57.6 Å². The smallest absolute Gasteiger partial charge is 0.264 e. The highest BCUT2D eigenvalue weighted by atomic mass is 35.5. The van der Waals surface area contributed by atoms with E-state index in [9.17, 15) is 13.5 Å². The molecule has 0 aromatic heterocycles. The van der Waals surface area contributed by atoms with Crippen LogP contribution in [0.15, 0.2) is 47.4 Å². The number of aliphatic hydroxyl groups is 1. The Hall–Kier alpha value is -1.56. The molecule has 2 aromatic rings. The van der Waals surface area contributed by atoms with Crippen LogP contribution in [-0.4, -0.2) is 19.6 Å². The summed E-state index contributed by atoms with van der Waals surface area (Å²) < 4.78 is 28.1. The minimum Gasteiger partial charge on any atom is -0.392 e. The Morgan fingerprint density at radius 3 is 2.36 bits per heavy atom. The lowest BCUT2D eigenvalue weighted by Gasteiger charge is -2.32. The molecule has 4 nitrogen and oxygen atoms in total. The zero-order valence-electron chi connectivity index (χ0n) is 14.7. The van der Waals surface area contributed by atoms with E-state index in [0.29, 0.717) is 22.7 Å². The van der Waals surface area contributed by atoms with Gasteiger partial charge in [-0.15, -0.1) is 0 Å². The van der Waals surface area contributed by atoms with E-state index >= 15 is 0 Å². The minimum absolute atomic E-state index is 0.227. The van der Waals surface area contributed by atoms with Crippen molar-refractivity contribution in [3.8, 4) is 0 Å². The summed E-state index contributed by atoms with van der Waals surface area (Å²) in [6, 6.07) is 11.4. The standard InChI is InChI=1S/C19H24ClNO3S/c1-4-5-15(3)21(19-12-17(20)9-8-16(19)13-22)25(23,24)18-10-6-14(2)7-11-18/h6-12,15,22H,4-5,13H2,1-3H3/t15-/m0/s1. The third-order valence-corrected chi connectivity index (χ3v) is 6.32. The summed E-state index contributed by atoms with van der Waals surface area (Å²) in [6.45, 7) is 5.54. The molecule has 0 heterocycles. The number of hydrogen-bond donors (Lipinski definition) is 1. The van der Waals surface area contributed by atoms with Crippen molar-refractivity contribution in [1.29, 1.82) is 0 Å². The molecule has 0 saturated carbocycles. The van der Waals surface area contributed by atoms with E-state index in [0.717, 1.165) is 12.0 Å². The molecule has 25 heavy (non-hydrogen) atoms. The Morgan fingerprint density at radius 2 is 1.80 bits per heavy atom. The second-order valence-electron chi connectivity index (χ2n) is 6.18. The third kappa shape index (κ3) is 4.35. The highest BCUT2D eigenvalue weighted by molar-refractivity contribution is 7.92. The molecule has 0 aliphatic carbocycles. The molecule has 136 valence electrons. The van der Waals surface area contributed by atoms with Crippen molar-refractivity contribution in [3.05, 3.63) is 58.6 Å². The minimum atomic E-state index is -3.78. The molecule has 1 atom stereocenters. The lowest BCUT2D eigenvalue weighted by molar-refractivity contribution is 0.282. The molecule has 2 aromatic carbocycles. The molecule has 0 saturated heterocycles. The van der Waals surface area contributed by atoms with Crippen molar-refractivity contribution in [2.75, 3.05) is 4.31 Å². The monoisotopic (exact) mass is 381 g/mol. The Kier molecular flexibility index (Phi) is 6.49. The first-order valence-electron chi connectivity index (χ1n) is 8.31. The predicted octanol–water partition coefficient (Wildman–Crippen LogP) is 4.52. The van der Waals surface area contributed by atoms with Crippen LogP contribution in [0.3, 0.4) is 0 Å². The van der Waals surface area contributed by atoms with Gasteiger partial charge in [-0.2, -0.15) is 0 Å². The van der Waals surface area contributed by atoms with Gasteiger partial charge in [0.05, 0.1) is 17.2 Å². The fraction of sp³-hybridized carbons (Fsp3) is 0.368. The molecule has 2 rings (SSSR count). The summed E-state index contributed by atoms with van der Waals surface area (Å²) in [5, 5.41) is 10.1. The van der Waals surface area contributed by atoms with Crippen LogP contribution in [0.1, 0.15) is 37.8 Å². The van der Waals surface area contributed by atoms with E-state index in [1.165, 1.54) is 4.31 Å². The van der Waals surface area contributed by atoms with Crippen LogP contribution in [-0.2, 0) is 16.6 Å². The number of sulfonamides is 1. The number of hydrogen-bond acceptors (Lipinski definition) is 3. The highest BCUT2D eigenvalue weighted by Gasteiger charge is 2.30. The molecule has 0 aliphatic rings. The van der Waals surface area contributed by atoms with E-state index in [2.05, 4.69) is 0 Å². The molecule has 0 unspecified atom stereocenters. The average molecular weight is 382 g/mol. The zero-order valence-corrected chi connectivity index (χ0v) is 16.3. The fourth-order valence-corrected chi connectivity index (χ4v) is 4.72. The van der Waals surface area contributed by atoms with Gasteiger partial charge in [0.1, 0.15) is 0 Å². The first-order valence-corrected chi connectivity index (χ1v) is 10.1. The van der Waals surface area contributed by atoms with Crippen molar-refractivity contribution in [3.63, 3.8) is 0 Å². The third-order valence-electron chi connectivity index (χ3n) is 4.14. The van der Waals surface area contributed by atoms with E-state index in [4.69, 9.17) is 11.6 Å². The van der Waals surface area contributed by atoms with E-state index in [1.807, 2.05) is 20.8 Å². The lowest BCUT2D eigenvalue weighted by atomic mass is 10.1. The number of anilines is 1. The van der Waals surface area contributed by atoms with Crippen molar-refractivity contribution < 1.29 is 13.5 Å². The molecule has 0 aliphatic heterocycles. The van der Waals surface area contributed by atoms with E-state index in [-0.39, 0.29) is 17.5 Å². The lowest BCUT2D eigenvalue weighted by Crippen LogP contribution is -2.39. The van der Waals surface area contributed by atoms with Crippen molar-refractivity contribution in [1.82, 2.24) is 0 Å². The SMILES string of the molecule is CCC[C@H](C)N(c1cc(Cl)ccc1CO)S(=O)(=O)c1ccc(C)cc1. The number of aliphatic hydroxyl groups excluding tert-OH is 1. The Morgan fingerprint density at radius 1 is 1.16 bits per heavy atom. The quantitative estimate of drug-likeness (QED) is 0.766. The molecule has 0 spiro atoms. The van der Waals surface area contributed by atoms with Gasteiger partial charge in [-0.25, -0.2) is 8.42 Å². The van der Waals surface area contributed by atoms with Crippen LogP contribution in [0.5, 0.6) is 0 Å². The number of benzene rings is 2. The molecule has 0 bridgehead atoms. The second kappa shape index (κ2) is 8.21. The molecular formula is C19H24ClNO3S. The molecule has 0 amide bonds. The van der Waals surface area contributed by atoms with Crippen molar-refractivity contribution in [2.45, 2.75) is 51.2 Å². The van der Waals surface area contributed by atoms with Crippen molar-refractivity contribution in [2.24, 2.45) is 0 Å². The number of rotatable bonds is 7. The fourth-order valence-electron chi connectivity index (χ4n) is 2.84. The summed E-state index contributed by atoms with van der Waals surface area (Å²) in [5.41, 5.74) is 1.95. The van der Waals surface area contributed by atoms with Crippen LogP contribution >= 0.6 is 11.6 Å². The molecule has 0 radical (unpaired) electrons. The first-order chi connectivity index (χ1) is 11.8. The van der Waals surface area contributed by atoms with Gasteiger partial charge in [-0.05, 0) is 44.5 Å². The Labute approximate surface area is 155 Å². The van der Waals surface area contributed by atoms with E-state index in [1.54, 1.807) is 42.5 Å². The summed E-state index contributed by atoms with van der Waals surface area (Å²) in [7, 11) is -3.78. The number of halogens is 1. The molecular weight excluding hydrogens is 358 g/mol. The van der Waals surface area contributed by atoms with Crippen LogP contribution in [0.2, 0.25) is 5.02 Å². The van der Waals surface area contributed by atoms with Gasteiger partial charge < -0.3 is 5.11 Å². The maximum Gasteiger partial charge on any atom is 0.264 e. The van der Waals surface area contributed by atoms with Gasteiger partial charge in [0.2, 0.25) is 0 Å². The van der Waals surface area contributed by atoms with Gasteiger partial charge in [0, 0.05) is 16.6 Å². The summed E-state index contributed by atoms with van der Waals surface area (Å²) in [6.07, 6.45) is 1.54. The Bertz CT molecular complexity index is 819. The average Bonchev–Trinajstić information content (AvgIpc) is 2.55.